The minimum atomic E-state index is -3.52. The van der Waals surface area contributed by atoms with Gasteiger partial charge in [-0.2, -0.15) is 13.1 Å². The zero-order valence-electron chi connectivity index (χ0n) is 11.3. The number of anilines is 1. The average Bonchev–Trinajstić information content (AvgIpc) is 3.16. The smallest absolute Gasteiger partial charge is 0.299 e. The van der Waals surface area contributed by atoms with E-state index in [0.717, 1.165) is 18.4 Å². The number of benzene rings is 1. The number of rotatable bonds is 5. The van der Waals surface area contributed by atoms with Gasteiger partial charge in [0.05, 0.1) is 12.3 Å². The summed E-state index contributed by atoms with van der Waals surface area (Å²) in [7, 11) is -3.52. The summed E-state index contributed by atoms with van der Waals surface area (Å²) in [6, 6.07) is 5.41. The minimum Gasteiger partial charge on any atom is -0.395 e. The van der Waals surface area contributed by atoms with Crippen LogP contribution in [0.25, 0.3) is 0 Å². The quantitative estimate of drug-likeness (QED) is 0.713. The van der Waals surface area contributed by atoms with E-state index in [2.05, 4.69) is 21.3 Å². The van der Waals surface area contributed by atoms with Crippen molar-refractivity contribution in [1.29, 1.82) is 0 Å². The average molecular weight is 294 g/mol. The fourth-order valence-corrected chi connectivity index (χ4v) is 2.87. The molecule has 1 aliphatic carbocycles. The van der Waals surface area contributed by atoms with Crippen LogP contribution in [0.2, 0.25) is 0 Å². The minimum absolute atomic E-state index is 0.0175. The Bertz CT molecular complexity index is 640. The maximum atomic E-state index is 11.9. The van der Waals surface area contributed by atoms with Gasteiger partial charge in [0.1, 0.15) is 0 Å². The van der Waals surface area contributed by atoms with E-state index in [0.29, 0.717) is 17.7 Å². The highest BCUT2D eigenvalue weighted by molar-refractivity contribution is 7.90. The van der Waals surface area contributed by atoms with Gasteiger partial charge < -0.3 is 5.11 Å². The molecule has 3 N–H and O–H groups in total. The molecule has 108 valence electrons. The number of hydrogen-bond acceptors (Lipinski definition) is 3. The molecule has 0 bridgehead atoms. The van der Waals surface area contributed by atoms with E-state index in [1.165, 1.54) is 0 Å². The monoisotopic (exact) mass is 294 g/mol. The van der Waals surface area contributed by atoms with Crippen LogP contribution in [0.15, 0.2) is 18.2 Å². The van der Waals surface area contributed by atoms with Crippen LogP contribution in [-0.4, -0.2) is 26.2 Å². The molecule has 1 aromatic rings. The second-order valence-corrected chi connectivity index (χ2v) is 6.25. The molecule has 1 aliphatic rings. The largest absolute Gasteiger partial charge is 0.395 e. The van der Waals surface area contributed by atoms with Crippen molar-refractivity contribution in [2.45, 2.75) is 32.2 Å². The van der Waals surface area contributed by atoms with Crippen molar-refractivity contribution in [2.75, 3.05) is 11.3 Å². The van der Waals surface area contributed by atoms with E-state index < -0.39 is 10.2 Å². The van der Waals surface area contributed by atoms with Crippen LogP contribution >= 0.6 is 0 Å². The maximum Gasteiger partial charge on any atom is 0.299 e. The van der Waals surface area contributed by atoms with Crippen LogP contribution < -0.4 is 9.44 Å². The van der Waals surface area contributed by atoms with Crippen molar-refractivity contribution < 1.29 is 13.5 Å². The Balaban J connectivity index is 2.14. The first-order chi connectivity index (χ1) is 9.50. The zero-order chi connectivity index (χ0) is 14.6. The van der Waals surface area contributed by atoms with E-state index >= 15 is 0 Å². The third kappa shape index (κ3) is 4.53. The molecule has 0 saturated heterocycles. The Morgan fingerprint density at radius 2 is 2.15 bits per heavy atom. The van der Waals surface area contributed by atoms with Crippen molar-refractivity contribution in [3.05, 3.63) is 29.3 Å². The molecule has 0 heterocycles. The van der Waals surface area contributed by atoms with Crippen molar-refractivity contribution in [2.24, 2.45) is 0 Å². The Morgan fingerprint density at radius 3 is 2.80 bits per heavy atom. The molecule has 20 heavy (non-hydrogen) atoms. The lowest BCUT2D eigenvalue weighted by Crippen LogP contribution is -2.32. The molecule has 6 heteroatoms. The summed E-state index contributed by atoms with van der Waals surface area (Å²) in [5, 5.41) is 8.68. The van der Waals surface area contributed by atoms with Crippen molar-refractivity contribution in [3.8, 4) is 11.8 Å². The second-order valence-electron chi connectivity index (χ2n) is 4.80. The van der Waals surface area contributed by atoms with Gasteiger partial charge >= 0.3 is 0 Å². The number of nitrogens with one attached hydrogen (secondary N) is 2. The van der Waals surface area contributed by atoms with E-state index in [1.807, 2.05) is 19.1 Å². The van der Waals surface area contributed by atoms with E-state index in [9.17, 15) is 8.42 Å². The van der Waals surface area contributed by atoms with E-state index in [4.69, 9.17) is 5.11 Å². The highest BCUT2D eigenvalue weighted by Gasteiger charge is 2.27. The molecule has 0 spiro atoms. The molecule has 0 amide bonds. The lowest BCUT2D eigenvalue weighted by atomic mass is 10.1. The second kappa shape index (κ2) is 6.27. The lowest BCUT2D eigenvalue weighted by Gasteiger charge is -2.11. The first kappa shape index (κ1) is 14.9. The maximum absolute atomic E-state index is 11.9. The Hall–Kier alpha value is -1.55. The Labute approximate surface area is 119 Å². The van der Waals surface area contributed by atoms with Crippen molar-refractivity contribution in [1.82, 2.24) is 4.72 Å². The topological polar surface area (TPSA) is 78.4 Å². The lowest BCUT2D eigenvalue weighted by molar-refractivity contribution is 0.305. The summed E-state index contributed by atoms with van der Waals surface area (Å²) < 4.78 is 28.9. The highest BCUT2D eigenvalue weighted by Crippen LogP contribution is 2.22. The molecular formula is C14H18N2O3S. The molecule has 1 fully saturated rings. The summed E-state index contributed by atoms with van der Waals surface area (Å²) >= 11 is 0. The number of aryl methyl sites for hydroxylation is 1. The zero-order valence-corrected chi connectivity index (χ0v) is 12.1. The molecule has 5 nitrogen and oxygen atoms in total. The summed E-state index contributed by atoms with van der Waals surface area (Å²) in [4.78, 5) is 0. The normalized spacial score (nSPS) is 14.5. The van der Waals surface area contributed by atoms with Gasteiger partial charge in [0.15, 0.2) is 0 Å². The third-order valence-electron chi connectivity index (χ3n) is 2.85. The summed E-state index contributed by atoms with van der Waals surface area (Å²) in [6.07, 6.45) is 2.19. The number of aliphatic hydroxyl groups is 1. The van der Waals surface area contributed by atoms with Gasteiger partial charge in [0, 0.05) is 18.0 Å². The predicted molar refractivity (Wildman–Crippen MR) is 78.5 cm³/mol. The number of hydrogen-bond donors (Lipinski definition) is 3. The van der Waals surface area contributed by atoms with Crippen molar-refractivity contribution in [3.63, 3.8) is 0 Å². The van der Waals surface area contributed by atoms with Gasteiger partial charge in [-0.3, -0.25) is 4.72 Å². The summed E-state index contributed by atoms with van der Waals surface area (Å²) in [5.74, 6) is 5.70. The molecule has 1 aromatic carbocycles. The van der Waals surface area contributed by atoms with Crippen LogP contribution in [0.3, 0.4) is 0 Å². The van der Waals surface area contributed by atoms with Crippen LogP contribution in [0.1, 0.15) is 30.4 Å². The fourth-order valence-electron chi connectivity index (χ4n) is 1.63. The molecule has 0 atom stereocenters. The molecule has 0 unspecified atom stereocenters. The molecule has 1 saturated carbocycles. The summed E-state index contributed by atoms with van der Waals surface area (Å²) in [5.41, 5.74) is 2.07. The van der Waals surface area contributed by atoms with E-state index in [-0.39, 0.29) is 12.6 Å². The predicted octanol–water partition coefficient (Wildman–Crippen LogP) is 1.14. The van der Waals surface area contributed by atoms with Gasteiger partial charge in [0.25, 0.3) is 10.2 Å². The number of aliphatic hydroxyl groups excluding tert-OH is 1. The Kier molecular flexibility index (Phi) is 4.65. The van der Waals surface area contributed by atoms with E-state index in [1.54, 1.807) is 6.07 Å². The van der Waals surface area contributed by atoms with Crippen LogP contribution in [0, 0.1) is 18.8 Å². The molecule has 2 rings (SSSR count). The molecule has 0 radical (unpaired) electrons. The molecular weight excluding hydrogens is 276 g/mol. The highest BCUT2D eigenvalue weighted by atomic mass is 32.2. The van der Waals surface area contributed by atoms with Crippen LogP contribution in [0.4, 0.5) is 5.69 Å². The first-order valence-corrected chi connectivity index (χ1v) is 7.99. The van der Waals surface area contributed by atoms with Gasteiger partial charge in [-0.05, 0) is 37.5 Å². The standard InChI is InChI=1S/C14H18N2O3S/c1-11-5-6-12(4-2-3-9-17)10-14(11)16-20(18,19)15-13-7-8-13/h5-6,10,13,15-17H,3,7-9H2,1H3. The fraction of sp³-hybridized carbons (Fsp3) is 0.429. The first-order valence-electron chi connectivity index (χ1n) is 6.50. The van der Waals surface area contributed by atoms with Crippen LogP contribution in [0.5, 0.6) is 0 Å². The van der Waals surface area contributed by atoms with Gasteiger partial charge in [-0.25, -0.2) is 0 Å². The third-order valence-corrected chi connectivity index (χ3v) is 3.98. The SMILES string of the molecule is Cc1ccc(C#CCCO)cc1NS(=O)(=O)NC1CC1. The van der Waals surface area contributed by atoms with Gasteiger partial charge in [-0.15, -0.1) is 0 Å². The van der Waals surface area contributed by atoms with Gasteiger partial charge in [-0.1, -0.05) is 17.9 Å². The van der Waals surface area contributed by atoms with Gasteiger partial charge in [0.2, 0.25) is 0 Å². The Morgan fingerprint density at radius 1 is 1.40 bits per heavy atom. The molecule has 0 aromatic heterocycles. The molecule has 0 aliphatic heterocycles. The van der Waals surface area contributed by atoms with Crippen molar-refractivity contribution >= 4 is 15.9 Å². The van der Waals surface area contributed by atoms with Crippen LogP contribution in [-0.2, 0) is 10.2 Å². The summed E-state index contributed by atoms with van der Waals surface area (Å²) in [6.45, 7) is 1.85.